The molecule has 1 heterocycles. The zero-order valence-electron chi connectivity index (χ0n) is 11.7. The molecule has 20 heavy (non-hydrogen) atoms. The van der Waals surface area contributed by atoms with Gasteiger partial charge in [-0.1, -0.05) is 13.3 Å². The van der Waals surface area contributed by atoms with Gasteiger partial charge >= 0.3 is 0 Å². The third-order valence-electron chi connectivity index (χ3n) is 4.13. The van der Waals surface area contributed by atoms with Crippen molar-refractivity contribution in [3.63, 3.8) is 0 Å². The van der Waals surface area contributed by atoms with Crippen molar-refractivity contribution in [2.24, 2.45) is 5.41 Å². The van der Waals surface area contributed by atoms with Gasteiger partial charge in [-0.05, 0) is 48.9 Å². The van der Waals surface area contributed by atoms with E-state index in [4.69, 9.17) is 10.2 Å². The third kappa shape index (κ3) is 2.50. The van der Waals surface area contributed by atoms with Gasteiger partial charge in [0.15, 0.2) is 5.76 Å². The Morgan fingerprint density at radius 2 is 2.20 bits per heavy atom. The van der Waals surface area contributed by atoms with Gasteiger partial charge in [0.25, 0.3) is 5.91 Å². The molecule has 1 aromatic heterocycles. The quantitative estimate of drug-likeness (QED) is 0.820. The highest BCUT2D eigenvalue weighted by Gasteiger charge is 2.41. The first-order valence-electron chi connectivity index (χ1n) is 7.19. The fourth-order valence-electron chi connectivity index (χ4n) is 2.75. The second-order valence-electron chi connectivity index (χ2n) is 5.84. The van der Waals surface area contributed by atoms with E-state index in [2.05, 4.69) is 12.2 Å². The molecule has 2 aromatic rings. The lowest BCUT2D eigenvalue weighted by Crippen LogP contribution is -2.29. The van der Waals surface area contributed by atoms with Crippen LogP contribution in [-0.2, 0) is 0 Å². The minimum absolute atomic E-state index is 0.137. The van der Waals surface area contributed by atoms with Gasteiger partial charge in [-0.2, -0.15) is 0 Å². The molecule has 1 aliphatic carbocycles. The molecule has 4 heteroatoms. The summed E-state index contributed by atoms with van der Waals surface area (Å²) in [5.74, 6) is 0.222. The molecule has 3 rings (SSSR count). The number of furan rings is 1. The summed E-state index contributed by atoms with van der Waals surface area (Å²) in [6.07, 6.45) is 4.79. The number of amides is 1. The lowest BCUT2D eigenvalue weighted by Gasteiger charge is -2.13. The predicted molar refractivity (Wildman–Crippen MR) is 79.5 cm³/mol. The van der Waals surface area contributed by atoms with Crippen LogP contribution in [0.2, 0.25) is 0 Å². The Balaban J connectivity index is 1.69. The lowest BCUT2D eigenvalue weighted by atomic mass is 10.0. The maximum atomic E-state index is 12.1. The monoisotopic (exact) mass is 272 g/mol. The van der Waals surface area contributed by atoms with E-state index in [1.54, 1.807) is 18.2 Å². The average molecular weight is 272 g/mol. The van der Waals surface area contributed by atoms with Crippen LogP contribution in [0.25, 0.3) is 11.0 Å². The van der Waals surface area contributed by atoms with Gasteiger partial charge in [-0.15, -0.1) is 0 Å². The number of hydrogen-bond acceptors (Lipinski definition) is 3. The first-order valence-corrected chi connectivity index (χ1v) is 7.19. The third-order valence-corrected chi connectivity index (χ3v) is 4.13. The molecule has 1 amide bonds. The number of benzene rings is 1. The Morgan fingerprint density at radius 1 is 1.40 bits per heavy atom. The normalized spacial score (nSPS) is 16.2. The molecule has 1 aliphatic rings. The van der Waals surface area contributed by atoms with Gasteiger partial charge in [0.2, 0.25) is 0 Å². The topological polar surface area (TPSA) is 68.3 Å². The Hall–Kier alpha value is -1.97. The highest BCUT2D eigenvalue weighted by Crippen LogP contribution is 2.48. The predicted octanol–water partition coefficient (Wildman–Crippen LogP) is 3.33. The van der Waals surface area contributed by atoms with E-state index in [0.717, 1.165) is 11.9 Å². The maximum absolute atomic E-state index is 12.1. The highest BCUT2D eigenvalue weighted by molar-refractivity contribution is 5.96. The van der Waals surface area contributed by atoms with Crippen LogP contribution >= 0.6 is 0 Å². The summed E-state index contributed by atoms with van der Waals surface area (Å²) in [6.45, 7) is 2.93. The van der Waals surface area contributed by atoms with Crippen LogP contribution in [0.15, 0.2) is 28.7 Å². The molecule has 0 spiro atoms. The van der Waals surface area contributed by atoms with Gasteiger partial charge in [-0.25, -0.2) is 0 Å². The van der Waals surface area contributed by atoms with E-state index >= 15 is 0 Å². The molecular weight excluding hydrogens is 252 g/mol. The maximum Gasteiger partial charge on any atom is 0.287 e. The number of fused-ring (bicyclic) bond motifs is 1. The van der Waals surface area contributed by atoms with E-state index < -0.39 is 0 Å². The fraction of sp³-hybridized carbons (Fsp3) is 0.438. The van der Waals surface area contributed by atoms with E-state index in [1.807, 2.05) is 6.07 Å². The Labute approximate surface area is 118 Å². The van der Waals surface area contributed by atoms with Gasteiger partial charge in [0.1, 0.15) is 5.58 Å². The van der Waals surface area contributed by atoms with Gasteiger partial charge < -0.3 is 15.5 Å². The van der Waals surface area contributed by atoms with Crippen LogP contribution in [-0.4, -0.2) is 12.5 Å². The fourth-order valence-corrected chi connectivity index (χ4v) is 2.75. The molecule has 0 unspecified atom stereocenters. The molecule has 1 saturated carbocycles. The van der Waals surface area contributed by atoms with E-state index in [0.29, 0.717) is 22.4 Å². The molecule has 3 N–H and O–H groups in total. The molecule has 0 saturated heterocycles. The number of nitrogens with one attached hydrogen (secondary N) is 1. The van der Waals surface area contributed by atoms with Gasteiger partial charge in [-0.3, -0.25) is 4.79 Å². The summed E-state index contributed by atoms with van der Waals surface area (Å²) in [5.41, 5.74) is 7.44. The van der Waals surface area contributed by atoms with Crippen LogP contribution < -0.4 is 11.1 Å². The molecule has 0 bridgehead atoms. The highest BCUT2D eigenvalue weighted by atomic mass is 16.3. The number of anilines is 1. The number of nitrogens with two attached hydrogens (primary N) is 1. The van der Waals surface area contributed by atoms with Crippen LogP contribution in [0.1, 0.15) is 43.2 Å². The summed E-state index contributed by atoms with van der Waals surface area (Å²) >= 11 is 0. The summed E-state index contributed by atoms with van der Waals surface area (Å²) in [5, 5.41) is 3.86. The lowest BCUT2D eigenvalue weighted by molar-refractivity contribution is 0.0918. The summed E-state index contributed by atoms with van der Waals surface area (Å²) in [4.78, 5) is 12.1. The smallest absolute Gasteiger partial charge is 0.287 e. The Bertz CT molecular complexity index is 641. The first kappa shape index (κ1) is 13.0. The van der Waals surface area contributed by atoms with Crippen LogP contribution in [0, 0.1) is 5.41 Å². The number of carbonyl (C=O) groups excluding carboxylic acids is 1. The van der Waals surface area contributed by atoms with E-state index in [1.165, 1.54) is 25.7 Å². The number of nitrogen functional groups attached to an aromatic ring is 1. The summed E-state index contributed by atoms with van der Waals surface area (Å²) in [6, 6.07) is 7.13. The van der Waals surface area contributed by atoms with Crippen molar-refractivity contribution in [2.45, 2.75) is 32.6 Å². The summed E-state index contributed by atoms with van der Waals surface area (Å²) in [7, 11) is 0. The van der Waals surface area contributed by atoms with Crippen LogP contribution in [0.5, 0.6) is 0 Å². The van der Waals surface area contributed by atoms with Crippen LogP contribution in [0.4, 0.5) is 5.69 Å². The standard InChI is InChI=1S/C16H20N2O2/c1-2-5-16(6-7-16)10-18-15(19)14-9-11-8-12(17)3-4-13(11)20-14/h3-4,8-9H,2,5-7,10,17H2,1H3,(H,18,19). The summed E-state index contributed by atoms with van der Waals surface area (Å²) < 4.78 is 5.56. The second-order valence-corrected chi connectivity index (χ2v) is 5.84. The van der Waals surface area contributed by atoms with Crippen molar-refractivity contribution in [2.75, 3.05) is 12.3 Å². The van der Waals surface area contributed by atoms with Crippen molar-refractivity contribution < 1.29 is 9.21 Å². The molecule has 106 valence electrons. The average Bonchev–Trinajstić information content (AvgIpc) is 3.06. The van der Waals surface area contributed by atoms with Gasteiger partial charge in [0.05, 0.1) is 0 Å². The minimum Gasteiger partial charge on any atom is -0.451 e. The molecular formula is C16H20N2O2. The van der Waals surface area contributed by atoms with Gasteiger partial charge in [0, 0.05) is 17.6 Å². The molecule has 4 nitrogen and oxygen atoms in total. The Kier molecular flexibility index (Phi) is 3.16. The SMILES string of the molecule is CCCC1(CNC(=O)c2cc3cc(N)ccc3o2)CC1. The number of carbonyl (C=O) groups is 1. The minimum atomic E-state index is -0.137. The largest absolute Gasteiger partial charge is 0.451 e. The number of hydrogen-bond donors (Lipinski definition) is 2. The van der Waals surface area contributed by atoms with Crippen molar-refractivity contribution in [3.8, 4) is 0 Å². The second kappa shape index (κ2) is 4.85. The van der Waals surface area contributed by atoms with E-state index in [9.17, 15) is 4.79 Å². The van der Waals surface area contributed by atoms with Crippen LogP contribution in [0.3, 0.4) is 0 Å². The molecule has 0 atom stereocenters. The van der Waals surface area contributed by atoms with Crippen molar-refractivity contribution >= 4 is 22.6 Å². The first-order chi connectivity index (χ1) is 9.62. The zero-order valence-corrected chi connectivity index (χ0v) is 11.7. The molecule has 0 radical (unpaired) electrons. The molecule has 1 aromatic carbocycles. The Morgan fingerprint density at radius 3 is 2.90 bits per heavy atom. The zero-order chi connectivity index (χ0) is 14.2. The van der Waals surface area contributed by atoms with E-state index in [-0.39, 0.29) is 5.91 Å². The molecule has 0 aliphatic heterocycles. The van der Waals surface area contributed by atoms with Crippen molar-refractivity contribution in [3.05, 3.63) is 30.0 Å². The van der Waals surface area contributed by atoms with Crippen molar-refractivity contribution in [1.82, 2.24) is 5.32 Å². The molecule has 1 fully saturated rings. The van der Waals surface area contributed by atoms with Crippen molar-refractivity contribution in [1.29, 1.82) is 0 Å². The number of rotatable bonds is 5.